The van der Waals surface area contributed by atoms with Crippen molar-refractivity contribution >= 4 is 38.1 Å². The number of carbonyl (C=O) groups excluding carboxylic acids is 1. The van der Waals surface area contributed by atoms with Crippen molar-refractivity contribution in [3.63, 3.8) is 0 Å². The Balaban J connectivity index is 1.67. The van der Waals surface area contributed by atoms with Gasteiger partial charge in [0.25, 0.3) is 0 Å². The van der Waals surface area contributed by atoms with E-state index in [1.54, 1.807) is 18.3 Å². The molecule has 1 heterocycles. The van der Waals surface area contributed by atoms with Gasteiger partial charge in [0.1, 0.15) is 0 Å². The third-order valence-electron chi connectivity index (χ3n) is 4.92. The standard InChI is InChI=1S/C20H19N3O3S2/c1-28(25,26)23-16-9-7-15(8-10-16)20(18(24)22-19-21-11-12-27-19)13-17(20)14-5-3-2-4-6-14/h2-12,17,23H,13H2,1H3,(H,21,22,24)/t17-,20-/m0/s1. The molecule has 1 aromatic heterocycles. The molecule has 0 saturated heterocycles. The molecule has 1 saturated carbocycles. The van der Waals surface area contributed by atoms with E-state index in [1.165, 1.54) is 11.3 Å². The molecular weight excluding hydrogens is 394 g/mol. The quantitative estimate of drug-likeness (QED) is 0.647. The maximum atomic E-state index is 13.2. The molecule has 0 radical (unpaired) electrons. The molecule has 1 aliphatic carbocycles. The number of hydrogen-bond donors (Lipinski definition) is 2. The van der Waals surface area contributed by atoms with E-state index in [1.807, 2.05) is 47.8 Å². The average molecular weight is 414 g/mol. The van der Waals surface area contributed by atoms with Crippen LogP contribution in [0.1, 0.15) is 23.5 Å². The predicted octanol–water partition coefficient (Wildman–Crippen LogP) is 3.58. The second-order valence-corrected chi connectivity index (χ2v) is 9.52. The van der Waals surface area contributed by atoms with Crippen molar-refractivity contribution in [2.24, 2.45) is 0 Å². The fourth-order valence-corrected chi connectivity index (χ4v) is 4.68. The van der Waals surface area contributed by atoms with Gasteiger partial charge < -0.3 is 5.32 Å². The monoisotopic (exact) mass is 413 g/mol. The molecule has 28 heavy (non-hydrogen) atoms. The third-order valence-corrected chi connectivity index (χ3v) is 6.22. The number of sulfonamides is 1. The van der Waals surface area contributed by atoms with Gasteiger partial charge in [0.15, 0.2) is 5.13 Å². The molecule has 8 heteroatoms. The molecule has 2 atom stereocenters. The summed E-state index contributed by atoms with van der Waals surface area (Å²) in [6, 6.07) is 17.0. The van der Waals surface area contributed by atoms with Crippen molar-refractivity contribution in [2.45, 2.75) is 17.8 Å². The summed E-state index contributed by atoms with van der Waals surface area (Å²) in [5.74, 6) is -0.0393. The largest absolute Gasteiger partial charge is 0.301 e. The Morgan fingerprint density at radius 2 is 1.86 bits per heavy atom. The predicted molar refractivity (Wildman–Crippen MR) is 111 cm³/mol. The van der Waals surface area contributed by atoms with Gasteiger partial charge >= 0.3 is 0 Å². The summed E-state index contributed by atoms with van der Waals surface area (Å²) in [5, 5.41) is 5.32. The molecule has 144 valence electrons. The highest BCUT2D eigenvalue weighted by atomic mass is 32.2. The lowest BCUT2D eigenvalue weighted by Crippen LogP contribution is -2.29. The summed E-state index contributed by atoms with van der Waals surface area (Å²) < 4.78 is 25.3. The first-order valence-electron chi connectivity index (χ1n) is 8.73. The Morgan fingerprint density at radius 3 is 2.46 bits per heavy atom. The van der Waals surface area contributed by atoms with E-state index in [-0.39, 0.29) is 11.8 Å². The van der Waals surface area contributed by atoms with Crippen molar-refractivity contribution in [1.29, 1.82) is 0 Å². The minimum absolute atomic E-state index is 0.0578. The summed E-state index contributed by atoms with van der Waals surface area (Å²) >= 11 is 1.38. The van der Waals surface area contributed by atoms with Gasteiger partial charge in [-0.25, -0.2) is 13.4 Å². The molecule has 1 fully saturated rings. The van der Waals surface area contributed by atoms with Crippen LogP contribution >= 0.6 is 11.3 Å². The Labute approximate surface area is 167 Å². The Kier molecular flexibility index (Phi) is 4.68. The molecule has 1 aliphatic rings. The number of anilines is 2. The van der Waals surface area contributed by atoms with Gasteiger partial charge in [0, 0.05) is 23.2 Å². The number of aromatic nitrogens is 1. The maximum absolute atomic E-state index is 13.2. The van der Waals surface area contributed by atoms with Crippen LogP contribution in [0, 0.1) is 0 Å². The Bertz CT molecular complexity index is 1080. The van der Waals surface area contributed by atoms with Crippen molar-refractivity contribution < 1.29 is 13.2 Å². The highest BCUT2D eigenvalue weighted by Crippen LogP contribution is 2.61. The fraction of sp³-hybridized carbons (Fsp3) is 0.200. The van der Waals surface area contributed by atoms with Crippen LogP contribution in [0.3, 0.4) is 0 Å². The average Bonchev–Trinajstić information content (AvgIpc) is 3.23. The van der Waals surface area contributed by atoms with Gasteiger partial charge in [-0.1, -0.05) is 42.5 Å². The first-order chi connectivity index (χ1) is 13.4. The summed E-state index contributed by atoms with van der Waals surface area (Å²) in [7, 11) is -3.35. The normalized spacial score (nSPS) is 21.1. The van der Waals surface area contributed by atoms with E-state index < -0.39 is 15.4 Å². The number of rotatable bonds is 6. The van der Waals surface area contributed by atoms with Crippen LogP contribution in [-0.2, 0) is 20.2 Å². The molecule has 0 aliphatic heterocycles. The molecule has 6 nitrogen and oxygen atoms in total. The first kappa shape index (κ1) is 18.6. The van der Waals surface area contributed by atoms with Crippen LogP contribution in [0.15, 0.2) is 66.2 Å². The van der Waals surface area contributed by atoms with Crippen LogP contribution in [0.2, 0.25) is 0 Å². The van der Waals surface area contributed by atoms with E-state index in [9.17, 15) is 13.2 Å². The Morgan fingerprint density at radius 1 is 1.14 bits per heavy atom. The van der Waals surface area contributed by atoms with Gasteiger partial charge in [-0.15, -0.1) is 11.3 Å². The van der Waals surface area contributed by atoms with Crippen molar-refractivity contribution in [3.8, 4) is 0 Å². The summed E-state index contributed by atoms with van der Waals surface area (Å²) in [5.41, 5.74) is 1.74. The molecule has 0 unspecified atom stereocenters. The van der Waals surface area contributed by atoms with E-state index >= 15 is 0 Å². The lowest BCUT2D eigenvalue weighted by molar-refractivity contribution is -0.118. The number of nitrogens with zero attached hydrogens (tertiary/aromatic N) is 1. The van der Waals surface area contributed by atoms with Crippen LogP contribution < -0.4 is 10.0 Å². The molecule has 4 rings (SSSR count). The molecule has 0 bridgehead atoms. The molecular formula is C20H19N3O3S2. The smallest absolute Gasteiger partial charge is 0.237 e. The second-order valence-electron chi connectivity index (χ2n) is 6.88. The molecule has 0 spiro atoms. The van der Waals surface area contributed by atoms with Gasteiger partial charge in [-0.2, -0.15) is 0 Å². The summed E-state index contributed by atoms with van der Waals surface area (Å²) in [4.78, 5) is 17.4. The number of amides is 1. The number of nitrogens with one attached hydrogen (secondary N) is 2. The minimum atomic E-state index is -3.35. The number of benzene rings is 2. The molecule has 2 aromatic carbocycles. The van der Waals surface area contributed by atoms with Crippen molar-refractivity contribution in [3.05, 3.63) is 77.3 Å². The van der Waals surface area contributed by atoms with E-state index in [0.717, 1.165) is 17.4 Å². The molecule has 1 amide bonds. The second kappa shape index (κ2) is 7.03. The Hall–Kier alpha value is -2.71. The van der Waals surface area contributed by atoms with E-state index in [2.05, 4.69) is 15.0 Å². The van der Waals surface area contributed by atoms with Gasteiger partial charge in [-0.3, -0.25) is 9.52 Å². The zero-order valence-corrected chi connectivity index (χ0v) is 16.8. The van der Waals surface area contributed by atoms with Crippen molar-refractivity contribution in [1.82, 2.24) is 4.98 Å². The highest BCUT2D eigenvalue weighted by molar-refractivity contribution is 7.92. The number of thiazole rings is 1. The van der Waals surface area contributed by atoms with Crippen LogP contribution in [-0.4, -0.2) is 25.6 Å². The van der Waals surface area contributed by atoms with Crippen LogP contribution in [0.25, 0.3) is 0 Å². The SMILES string of the molecule is CS(=O)(=O)Nc1ccc([C@@]2(C(=O)Nc3nccs3)C[C@H]2c2ccccc2)cc1. The van der Waals surface area contributed by atoms with Gasteiger partial charge in [0.2, 0.25) is 15.9 Å². The van der Waals surface area contributed by atoms with E-state index in [0.29, 0.717) is 17.2 Å². The zero-order valence-electron chi connectivity index (χ0n) is 15.1. The summed E-state index contributed by atoms with van der Waals surface area (Å²) in [6.45, 7) is 0. The highest BCUT2D eigenvalue weighted by Gasteiger charge is 2.61. The maximum Gasteiger partial charge on any atom is 0.237 e. The fourth-order valence-electron chi connectivity index (χ4n) is 3.60. The van der Waals surface area contributed by atoms with Gasteiger partial charge in [-0.05, 0) is 29.7 Å². The third kappa shape index (κ3) is 3.65. The van der Waals surface area contributed by atoms with E-state index in [4.69, 9.17) is 0 Å². The lowest BCUT2D eigenvalue weighted by atomic mass is 9.89. The first-order valence-corrected chi connectivity index (χ1v) is 11.5. The summed E-state index contributed by atoms with van der Waals surface area (Å²) in [6.07, 6.45) is 3.45. The zero-order chi connectivity index (χ0) is 19.8. The number of hydrogen-bond acceptors (Lipinski definition) is 5. The molecule has 2 N–H and O–H groups in total. The van der Waals surface area contributed by atoms with Gasteiger partial charge in [0.05, 0.1) is 11.7 Å². The molecule has 3 aromatic rings. The number of carbonyl (C=O) groups is 1. The van der Waals surface area contributed by atoms with Crippen molar-refractivity contribution in [2.75, 3.05) is 16.3 Å². The van der Waals surface area contributed by atoms with Crippen LogP contribution in [0.5, 0.6) is 0 Å². The minimum Gasteiger partial charge on any atom is -0.301 e. The topological polar surface area (TPSA) is 88.2 Å². The lowest BCUT2D eigenvalue weighted by Gasteiger charge is -2.18. The van der Waals surface area contributed by atoms with Crippen LogP contribution in [0.4, 0.5) is 10.8 Å².